The molecule has 1 aromatic carbocycles. The highest BCUT2D eigenvalue weighted by molar-refractivity contribution is 9.10. The largest absolute Gasteiger partial charge is 0.393 e. The standard InChI is InChI=1S/C18H19BrFN5O4/c1-23-17(27)16-11-8-24(18(28)21-14-4-2-3-12(19)15(14)20)6-5-13(11)22-25(16)7-10(9-26)29-23/h2-4,10,26H,5-9H2,1H3,(H,21,28). The fourth-order valence-corrected chi connectivity index (χ4v) is 3.87. The average molecular weight is 468 g/mol. The third-order valence-corrected chi connectivity index (χ3v) is 5.57. The number of fused-ring (bicyclic) bond motifs is 3. The van der Waals surface area contributed by atoms with E-state index in [1.807, 2.05) is 0 Å². The molecule has 0 radical (unpaired) electrons. The lowest BCUT2D eigenvalue weighted by atomic mass is 10.1. The summed E-state index contributed by atoms with van der Waals surface area (Å²) in [4.78, 5) is 32.4. The molecular weight excluding hydrogens is 449 g/mol. The Morgan fingerprint density at radius 3 is 3.03 bits per heavy atom. The van der Waals surface area contributed by atoms with Crippen molar-refractivity contribution >= 4 is 33.6 Å². The van der Waals surface area contributed by atoms with Crippen LogP contribution in [0.2, 0.25) is 0 Å². The topological polar surface area (TPSA) is 99.9 Å². The van der Waals surface area contributed by atoms with Crippen molar-refractivity contribution in [1.29, 1.82) is 0 Å². The summed E-state index contributed by atoms with van der Waals surface area (Å²) in [6.45, 7) is 0.517. The van der Waals surface area contributed by atoms with E-state index in [1.54, 1.807) is 12.1 Å². The van der Waals surface area contributed by atoms with E-state index in [0.717, 1.165) is 10.8 Å². The minimum absolute atomic E-state index is 0.0685. The first-order valence-corrected chi connectivity index (χ1v) is 9.82. The van der Waals surface area contributed by atoms with Crippen molar-refractivity contribution in [2.75, 3.05) is 25.5 Å². The Hall–Kier alpha value is -2.50. The number of aliphatic hydroxyl groups excluding tert-OH is 1. The van der Waals surface area contributed by atoms with Gasteiger partial charge in [0.05, 0.1) is 35.6 Å². The molecule has 0 spiro atoms. The molecule has 2 N–H and O–H groups in total. The van der Waals surface area contributed by atoms with E-state index in [0.29, 0.717) is 24.2 Å². The molecule has 2 aromatic rings. The van der Waals surface area contributed by atoms with Crippen LogP contribution < -0.4 is 5.32 Å². The maximum Gasteiger partial charge on any atom is 0.322 e. The molecule has 11 heteroatoms. The van der Waals surface area contributed by atoms with Crippen molar-refractivity contribution in [3.8, 4) is 0 Å². The number of benzene rings is 1. The normalized spacial score (nSPS) is 18.9. The number of hydroxylamine groups is 2. The zero-order chi connectivity index (χ0) is 20.7. The molecule has 1 aromatic heterocycles. The highest BCUT2D eigenvalue weighted by Gasteiger charge is 2.35. The second kappa shape index (κ2) is 7.73. The Labute approximate surface area is 174 Å². The van der Waals surface area contributed by atoms with Crippen LogP contribution in [0.15, 0.2) is 22.7 Å². The van der Waals surface area contributed by atoms with Gasteiger partial charge in [0.15, 0.2) is 5.82 Å². The number of urea groups is 1. The van der Waals surface area contributed by atoms with Crippen molar-refractivity contribution < 1.29 is 23.9 Å². The van der Waals surface area contributed by atoms with Gasteiger partial charge >= 0.3 is 6.03 Å². The summed E-state index contributed by atoms with van der Waals surface area (Å²) in [5.74, 6) is -0.947. The maximum atomic E-state index is 14.2. The minimum atomic E-state index is -0.592. The number of aromatic nitrogens is 2. The van der Waals surface area contributed by atoms with Gasteiger partial charge in [0.2, 0.25) is 0 Å². The quantitative estimate of drug-likeness (QED) is 0.700. The molecule has 0 fully saturated rings. The molecule has 0 bridgehead atoms. The Balaban J connectivity index is 1.59. The van der Waals surface area contributed by atoms with E-state index in [2.05, 4.69) is 26.3 Å². The van der Waals surface area contributed by atoms with Crippen molar-refractivity contribution in [1.82, 2.24) is 19.7 Å². The zero-order valence-electron chi connectivity index (χ0n) is 15.6. The van der Waals surface area contributed by atoms with Crippen molar-refractivity contribution in [2.24, 2.45) is 0 Å². The van der Waals surface area contributed by atoms with Gasteiger partial charge in [0.1, 0.15) is 11.8 Å². The third-order valence-electron chi connectivity index (χ3n) is 4.96. The summed E-state index contributed by atoms with van der Waals surface area (Å²) in [6, 6.07) is 4.18. The lowest BCUT2D eigenvalue weighted by Crippen LogP contribution is -2.40. The second-order valence-corrected chi connectivity index (χ2v) is 7.73. The zero-order valence-corrected chi connectivity index (χ0v) is 17.1. The van der Waals surface area contributed by atoms with Crippen LogP contribution >= 0.6 is 15.9 Å². The maximum absolute atomic E-state index is 14.2. The predicted octanol–water partition coefficient (Wildman–Crippen LogP) is 1.75. The summed E-state index contributed by atoms with van der Waals surface area (Å²) >= 11 is 3.10. The number of rotatable bonds is 2. The summed E-state index contributed by atoms with van der Waals surface area (Å²) in [5, 5.41) is 17.6. The molecule has 2 aliphatic heterocycles. The van der Waals surface area contributed by atoms with Gasteiger partial charge in [0.25, 0.3) is 5.91 Å². The molecule has 1 unspecified atom stereocenters. The Morgan fingerprint density at radius 1 is 1.48 bits per heavy atom. The summed E-state index contributed by atoms with van der Waals surface area (Å²) < 4.78 is 16.0. The van der Waals surface area contributed by atoms with Gasteiger partial charge in [0, 0.05) is 25.6 Å². The van der Waals surface area contributed by atoms with Crippen LogP contribution in [0.1, 0.15) is 21.7 Å². The number of nitrogens with zero attached hydrogens (tertiary/aromatic N) is 4. The van der Waals surface area contributed by atoms with E-state index in [4.69, 9.17) is 4.84 Å². The Kier molecular flexibility index (Phi) is 5.28. The molecule has 2 aliphatic rings. The first kappa shape index (κ1) is 19.8. The minimum Gasteiger partial charge on any atom is -0.393 e. The van der Waals surface area contributed by atoms with Gasteiger partial charge in [-0.25, -0.2) is 14.2 Å². The van der Waals surface area contributed by atoms with E-state index in [1.165, 1.54) is 22.7 Å². The van der Waals surface area contributed by atoms with Gasteiger partial charge in [-0.2, -0.15) is 5.10 Å². The molecule has 3 heterocycles. The second-order valence-electron chi connectivity index (χ2n) is 6.87. The van der Waals surface area contributed by atoms with Crippen molar-refractivity contribution in [2.45, 2.75) is 25.6 Å². The van der Waals surface area contributed by atoms with Crippen LogP contribution in [0.4, 0.5) is 14.9 Å². The monoisotopic (exact) mass is 467 g/mol. The highest BCUT2D eigenvalue weighted by atomic mass is 79.9. The number of carbonyl (C=O) groups excluding carboxylic acids is 2. The molecular formula is C18H19BrFN5O4. The van der Waals surface area contributed by atoms with Crippen LogP contribution in [0.5, 0.6) is 0 Å². The number of halogens is 2. The third kappa shape index (κ3) is 3.61. The smallest absolute Gasteiger partial charge is 0.322 e. The molecule has 0 saturated carbocycles. The number of nitrogens with one attached hydrogen (secondary N) is 1. The summed E-state index contributed by atoms with van der Waals surface area (Å²) in [5.41, 5.74) is 1.78. The number of anilines is 1. The molecule has 1 atom stereocenters. The first-order chi connectivity index (χ1) is 13.9. The average Bonchev–Trinajstić information content (AvgIpc) is 3.01. The van der Waals surface area contributed by atoms with Gasteiger partial charge < -0.3 is 15.3 Å². The number of hydrogen-bond donors (Lipinski definition) is 2. The van der Waals surface area contributed by atoms with Gasteiger partial charge in [-0.1, -0.05) is 6.07 Å². The molecule has 3 amide bonds. The van der Waals surface area contributed by atoms with Crippen LogP contribution in [0.3, 0.4) is 0 Å². The molecule has 154 valence electrons. The number of hydrogen-bond acceptors (Lipinski definition) is 5. The van der Waals surface area contributed by atoms with Gasteiger partial charge in [-0.3, -0.25) is 14.3 Å². The summed E-state index contributed by atoms with van der Waals surface area (Å²) in [7, 11) is 1.48. The fraction of sp³-hybridized carbons (Fsp3) is 0.389. The van der Waals surface area contributed by atoms with Crippen LogP contribution in [0, 0.1) is 5.82 Å². The van der Waals surface area contributed by atoms with Crippen LogP contribution in [-0.4, -0.2) is 63.1 Å². The summed E-state index contributed by atoms with van der Waals surface area (Å²) in [6.07, 6.45) is -0.129. The van der Waals surface area contributed by atoms with E-state index in [-0.39, 0.29) is 29.9 Å². The molecule has 0 aliphatic carbocycles. The Morgan fingerprint density at radius 2 is 2.28 bits per heavy atom. The lowest BCUT2D eigenvalue weighted by molar-refractivity contribution is -0.159. The molecule has 9 nitrogen and oxygen atoms in total. The van der Waals surface area contributed by atoms with E-state index < -0.39 is 23.9 Å². The molecule has 0 saturated heterocycles. The lowest BCUT2D eigenvalue weighted by Gasteiger charge is -2.27. The Bertz CT molecular complexity index is 981. The first-order valence-electron chi connectivity index (χ1n) is 9.03. The number of aliphatic hydroxyl groups is 1. The molecule has 29 heavy (non-hydrogen) atoms. The van der Waals surface area contributed by atoms with E-state index in [9.17, 15) is 19.1 Å². The van der Waals surface area contributed by atoms with E-state index >= 15 is 0 Å². The predicted molar refractivity (Wildman–Crippen MR) is 104 cm³/mol. The fourth-order valence-electron chi connectivity index (χ4n) is 3.50. The van der Waals surface area contributed by atoms with Crippen LogP contribution in [0.25, 0.3) is 0 Å². The highest BCUT2D eigenvalue weighted by Crippen LogP contribution is 2.27. The number of carbonyl (C=O) groups is 2. The van der Waals surface area contributed by atoms with Crippen LogP contribution in [-0.2, 0) is 24.3 Å². The van der Waals surface area contributed by atoms with Crippen molar-refractivity contribution in [3.05, 3.63) is 45.4 Å². The SMILES string of the molecule is CN1OC(CO)Cn2nc3c(c2C1=O)CN(C(=O)Nc1cccc(Br)c1F)CC3. The van der Waals surface area contributed by atoms with Crippen molar-refractivity contribution in [3.63, 3.8) is 0 Å². The molecule has 4 rings (SSSR count). The van der Waals surface area contributed by atoms with Gasteiger partial charge in [-0.05, 0) is 28.1 Å². The number of amides is 3. The van der Waals surface area contributed by atoms with Gasteiger partial charge in [-0.15, -0.1) is 0 Å².